The third-order valence-corrected chi connectivity index (χ3v) is 5.36. The molecule has 4 rings (SSSR count). The maximum absolute atomic E-state index is 12.6. The number of piperidine rings is 1. The van der Waals surface area contributed by atoms with Crippen molar-refractivity contribution in [1.82, 2.24) is 19.9 Å². The van der Waals surface area contributed by atoms with Crippen molar-refractivity contribution in [3.63, 3.8) is 0 Å². The first kappa shape index (κ1) is 18.8. The molecule has 2 aromatic rings. The molecule has 10 nitrogen and oxygen atoms in total. The number of ether oxygens (including phenoxy) is 2. The first-order valence-corrected chi connectivity index (χ1v) is 9.50. The average molecular weight is 390 g/mol. The number of nitrogens with zero attached hydrogens (tertiary/aromatic N) is 4. The number of hydrogen-bond donors (Lipinski definition) is 3. The van der Waals surface area contributed by atoms with Gasteiger partial charge in [0.15, 0.2) is 0 Å². The zero-order chi connectivity index (χ0) is 19.7. The van der Waals surface area contributed by atoms with Gasteiger partial charge in [0.2, 0.25) is 11.8 Å². The van der Waals surface area contributed by atoms with Gasteiger partial charge in [-0.15, -0.1) is 0 Å². The number of morpholine rings is 1. The van der Waals surface area contributed by atoms with Gasteiger partial charge in [-0.1, -0.05) is 0 Å². The quantitative estimate of drug-likeness (QED) is 0.721. The summed E-state index contributed by atoms with van der Waals surface area (Å²) in [7, 11) is 1.55. The highest BCUT2D eigenvalue weighted by molar-refractivity contribution is 5.95. The van der Waals surface area contributed by atoms with Crippen molar-refractivity contribution in [2.24, 2.45) is 0 Å². The van der Waals surface area contributed by atoms with Crippen LogP contribution in [0.15, 0.2) is 6.20 Å². The van der Waals surface area contributed by atoms with Crippen LogP contribution < -0.4 is 15.0 Å². The van der Waals surface area contributed by atoms with E-state index in [0.717, 1.165) is 18.8 Å². The van der Waals surface area contributed by atoms with Crippen LogP contribution in [0.3, 0.4) is 0 Å². The molecule has 0 aliphatic carbocycles. The average Bonchev–Trinajstić information content (AvgIpc) is 3.11. The second-order valence-corrected chi connectivity index (χ2v) is 7.48. The van der Waals surface area contributed by atoms with E-state index < -0.39 is 5.60 Å². The summed E-state index contributed by atoms with van der Waals surface area (Å²) < 4.78 is 10.8. The van der Waals surface area contributed by atoms with Gasteiger partial charge >= 0.3 is 6.03 Å². The highest BCUT2D eigenvalue weighted by Crippen LogP contribution is 2.31. The van der Waals surface area contributed by atoms with Gasteiger partial charge in [-0.2, -0.15) is 0 Å². The maximum Gasteiger partial charge on any atom is 0.324 e. The Balaban J connectivity index is 1.57. The molecule has 0 spiro atoms. The molecular weight excluding hydrogens is 364 g/mol. The topological polar surface area (TPSA) is 116 Å². The summed E-state index contributed by atoms with van der Waals surface area (Å²) in [5, 5.41) is 12.9. The Hall–Kier alpha value is -2.59. The number of hydrogen-bond acceptors (Lipinski definition) is 7. The van der Waals surface area contributed by atoms with Crippen molar-refractivity contribution in [2.75, 3.05) is 56.7 Å². The Morgan fingerprint density at radius 3 is 2.71 bits per heavy atom. The molecule has 2 aromatic heterocycles. The van der Waals surface area contributed by atoms with Crippen molar-refractivity contribution in [1.29, 1.82) is 0 Å². The molecule has 0 unspecified atom stereocenters. The van der Waals surface area contributed by atoms with Crippen LogP contribution in [0.1, 0.15) is 19.8 Å². The summed E-state index contributed by atoms with van der Waals surface area (Å²) >= 11 is 0. The van der Waals surface area contributed by atoms with Crippen molar-refractivity contribution >= 4 is 28.7 Å². The van der Waals surface area contributed by atoms with Crippen LogP contribution in [-0.2, 0) is 4.74 Å². The van der Waals surface area contributed by atoms with Gasteiger partial charge in [0.05, 0.1) is 37.8 Å². The predicted molar refractivity (Wildman–Crippen MR) is 104 cm³/mol. The number of imidazole rings is 1. The number of urea groups is 1. The largest absolute Gasteiger partial charge is 0.479 e. The summed E-state index contributed by atoms with van der Waals surface area (Å²) in [6.07, 6.45) is 2.85. The first-order valence-electron chi connectivity index (χ1n) is 9.50. The van der Waals surface area contributed by atoms with E-state index in [1.807, 2.05) is 0 Å². The molecule has 4 heterocycles. The smallest absolute Gasteiger partial charge is 0.324 e. The molecule has 0 aromatic carbocycles. The third-order valence-electron chi connectivity index (χ3n) is 5.36. The van der Waals surface area contributed by atoms with Gasteiger partial charge in [-0.05, 0) is 19.8 Å². The van der Waals surface area contributed by atoms with E-state index in [4.69, 9.17) is 9.47 Å². The van der Waals surface area contributed by atoms with Gasteiger partial charge in [0, 0.05) is 26.2 Å². The lowest BCUT2D eigenvalue weighted by atomic mass is 9.94. The number of amides is 2. The SMILES string of the molecule is COc1ncc(N2CCOCC2)c2nc(NC(=O)N3CCC(C)(O)CC3)[nH]c12. The number of carbonyl (C=O) groups is 1. The monoisotopic (exact) mass is 390 g/mol. The summed E-state index contributed by atoms with van der Waals surface area (Å²) in [4.78, 5) is 28.5. The number of nitrogens with one attached hydrogen (secondary N) is 2. The predicted octanol–water partition coefficient (Wildman–Crippen LogP) is 1.18. The van der Waals surface area contributed by atoms with E-state index in [0.29, 0.717) is 62.0 Å². The molecule has 0 saturated carbocycles. The molecule has 0 radical (unpaired) electrons. The van der Waals surface area contributed by atoms with E-state index in [-0.39, 0.29) is 6.03 Å². The number of rotatable bonds is 3. The van der Waals surface area contributed by atoms with Crippen LogP contribution >= 0.6 is 0 Å². The first-order chi connectivity index (χ1) is 13.5. The number of likely N-dealkylation sites (tertiary alicyclic amines) is 1. The second kappa shape index (κ2) is 7.44. The Morgan fingerprint density at radius 1 is 1.32 bits per heavy atom. The number of anilines is 2. The van der Waals surface area contributed by atoms with E-state index >= 15 is 0 Å². The summed E-state index contributed by atoms with van der Waals surface area (Å²) in [6.45, 7) is 5.62. The number of methoxy groups -OCH3 is 1. The number of pyridine rings is 1. The van der Waals surface area contributed by atoms with Gasteiger partial charge in [-0.25, -0.2) is 14.8 Å². The van der Waals surface area contributed by atoms with E-state index in [1.54, 1.807) is 25.1 Å². The van der Waals surface area contributed by atoms with Gasteiger partial charge in [0.25, 0.3) is 0 Å². The minimum absolute atomic E-state index is 0.241. The van der Waals surface area contributed by atoms with Crippen molar-refractivity contribution in [3.8, 4) is 5.88 Å². The van der Waals surface area contributed by atoms with Gasteiger partial charge in [0.1, 0.15) is 11.0 Å². The van der Waals surface area contributed by atoms with E-state index in [2.05, 4.69) is 25.2 Å². The van der Waals surface area contributed by atoms with Crippen LogP contribution in [0, 0.1) is 0 Å². The second-order valence-electron chi connectivity index (χ2n) is 7.48. The Labute approximate surface area is 162 Å². The highest BCUT2D eigenvalue weighted by Gasteiger charge is 2.30. The fraction of sp³-hybridized carbons (Fsp3) is 0.611. The summed E-state index contributed by atoms with van der Waals surface area (Å²) in [6, 6.07) is -0.241. The molecule has 152 valence electrons. The lowest BCUT2D eigenvalue weighted by Gasteiger charge is -2.35. The lowest BCUT2D eigenvalue weighted by molar-refractivity contribution is 0.00569. The lowest BCUT2D eigenvalue weighted by Crippen LogP contribution is -2.46. The molecule has 2 saturated heterocycles. The number of aromatic amines is 1. The van der Waals surface area contributed by atoms with Gasteiger partial charge in [-0.3, -0.25) is 5.32 Å². The molecule has 28 heavy (non-hydrogen) atoms. The molecule has 2 fully saturated rings. The highest BCUT2D eigenvalue weighted by atomic mass is 16.5. The van der Waals surface area contributed by atoms with Crippen molar-refractivity contribution in [3.05, 3.63) is 6.20 Å². The van der Waals surface area contributed by atoms with Crippen molar-refractivity contribution < 1.29 is 19.4 Å². The van der Waals surface area contributed by atoms with E-state index in [1.165, 1.54) is 0 Å². The van der Waals surface area contributed by atoms with Crippen LogP contribution in [0.4, 0.5) is 16.4 Å². The molecule has 0 atom stereocenters. The van der Waals surface area contributed by atoms with E-state index in [9.17, 15) is 9.90 Å². The molecule has 2 amide bonds. The van der Waals surface area contributed by atoms with Crippen LogP contribution in [-0.4, -0.2) is 83.1 Å². The molecular formula is C18H26N6O4. The third kappa shape index (κ3) is 3.69. The number of aromatic nitrogens is 3. The molecule has 0 bridgehead atoms. The van der Waals surface area contributed by atoms with Gasteiger partial charge < -0.3 is 29.4 Å². The van der Waals surface area contributed by atoms with Crippen LogP contribution in [0.25, 0.3) is 11.0 Å². The molecule has 2 aliphatic rings. The minimum Gasteiger partial charge on any atom is -0.479 e. The summed E-state index contributed by atoms with van der Waals surface area (Å²) in [5.74, 6) is 0.771. The Morgan fingerprint density at radius 2 is 2.04 bits per heavy atom. The summed E-state index contributed by atoms with van der Waals surface area (Å²) in [5.41, 5.74) is 1.52. The zero-order valence-corrected chi connectivity index (χ0v) is 16.2. The number of fused-ring (bicyclic) bond motifs is 1. The Bertz CT molecular complexity index is 851. The standard InChI is InChI=1S/C18H26N6O4/c1-18(26)3-5-24(6-4-18)17(25)22-16-20-13-12(23-7-9-28-10-8-23)11-19-15(27-2)14(13)21-16/h11,26H,3-10H2,1-2H3,(H2,20,21,22,25). The molecule has 10 heteroatoms. The van der Waals surface area contributed by atoms with Crippen LogP contribution in [0.2, 0.25) is 0 Å². The number of aliphatic hydroxyl groups is 1. The number of H-pyrrole nitrogens is 1. The zero-order valence-electron chi connectivity index (χ0n) is 16.2. The normalized spacial score (nSPS) is 19.7. The van der Waals surface area contributed by atoms with Crippen molar-refractivity contribution in [2.45, 2.75) is 25.4 Å². The minimum atomic E-state index is -0.706. The van der Waals surface area contributed by atoms with Crippen LogP contribution in [0.5, 0.6) is 5.88 Å². The molecule has 2 aliphatic heterocycles. The fourth-order valence-electron chi connectivity index (χ4n) is 3.58. The number of carbonyl (C=O) groups excluding carboxylic acids is 1. The fourth-order valence-corrected chi connectivity index (χ4v) is 3.58. The Kier molecular flexibility index (Phi) is 4.98. The molecule has 3 N–H and O–H groups in total. The maximum atomic E-state index is 12.6.